The topological polar surface area (TPSA) is 71.1 Å². The van der Waals surface area contributed by atoms with Crippen molar-refractivity contribution in [2.45, 2.75) is 16.2 Å². The Labute approximate surface area is 165 Å². The van der Waals surface area contributed by atoms with Crippen LogP contribution in [0.3, 0.4) is 0 Å². The lowest BCUT2D eigenvalue weighted by atomic mass is 10.1. The number of carbonyl (C=O) groups is 2. The molecular formula is C21H16FN3O2S. The fourth-order valence-electron chi connectivity index (χ4n) is 2.91. The van der Waals surface area contributed by atoms with Crippen LogP contribution in [0.2, 0.25) is 0 Å². The lowest BCUT2D eigenvalue weighted by molar-refractivity contribution is 0.0948. The molecule has 1 aliphatic heterocycles. The molecule has 1 aromatic heterocycles. The summed E-state index contributed by atoms with van der Waals surface area (Å²) < 4.78 is 14.6. The first-order chi connectivity index (χ1) is 13.6. The van der Waals surface area contributed by atoms with E-state index < -0.39 is 11.7 Å². The summed E-state index contributed by atoms with van der Waals surface area (Å²) in [7, 11) is 0. The summed E-state index contributed by atoms with van der Waals surface area (Å²) in [5.41, 5.74) is 1.67. The smallest absolute Gasteiger partial charge is 0.256 e. The number of fused-ring (bicyclic) bond motifs is 2. The van der Waals surface area contributed by atoms with Gasteiger partial charge in [0.05, 0.1) is 16.8 Å². The summed E-state index contributed by atoms with van der Waals surface area (Å²) in [6, 6.07) is 15.3. The normalized spacial score (nSPS) is 12.4. The van der Waals surface area contributed by atoms with Gasteiger partial charge in [-0.25, -0.2) is 4.39 Å². The zero-order chi connectivity index (χ0) is 19.5. The Hall–Kier alpha value is -3.19. The molecule has 2 amide bonds. The number of aromatic nitrogens is 1. The molecule has 2 aromatic carbocycles. The van der Waals surface area contributed by atoms with Crippen molar-refractivity contribution in [1.29, 1.82) is 0 Å². The third-order valence-electron chi connectivity index (χ3n) is 4.31. The highest BCUT2D eigenvalue weighted by Gasteiger charge is 2.23. The number of halogens is 1. The number of anilines is 1. The van der Waals surface area contributed by atoms with Crippen molar-refractivity contribution >= 4 is 29.3 Å². The summed E-state index contributed by atoms with van der Waals surface area (Å²) in [6.45, 7) is 0.332. The van der Waals surface area contributed by atoms with Crippen LogP contribution in [0.1, 0.15) is 26.4 Å². The average Bonchev–Trinajstić information content (AvgIpc) is 2.84. The Balaban J connectivity index is 1.53. The molecule has 28 heavy (non-hydrogen) atoms. The maximum absolute atomic E-state index is 14.6. The molecule has 5 nitrogen and oxygen atoms in total. The molecule has 0 bridgehead atoms. The molecule has 0 aliphatic carbocycles. The maximum Gasteiger partial charge on any atom is 0.256 e. The summed E-state index contributed by atoms with van der Waals surface area (Å²) in [6.07, 6.45) is 2.22. The first kappa shape index (κ1) is 18.2. The van der Waals surface area contributed by atoms with Gasteiger partial charge in [-0.3, -0.25) is 14.6 Å². The molecule has 0 radical (unpaired) electrons. The summed E-state index contributed by atoms with van der Waals surface area (Å²) in [4.78, 5) is 30.4. The Morgan fingerprint density at radius 2 is 1.93 bits per heavy atom. The van der Waals surface area contributed by atoms with Gasteiger partial charge < -0.3 is 10.6 Å². The molecule has 0 unspecified atom stereocenters. The van der Waals surface area contributed by atoms with Gasteiger partial charge in [-0.2, -0.15) is 0 Å². The Kier molecular flexibility index (Phi) is 5.08. The molecular weight excluding hydrogens is 377 g/mol. The predicted molar refractivity (Wildman–Crippen MR) is 105 cm³/mol. The first-order valence-corrected chi connectivity index (χ1v) is 9.53. The van der Waals surface area contributed by atoms with Gasteiger partial charge in [0.2, 0.25) is 0 Å². The molecule has 2 heterocycles. The molecule has 0 saturated carbocycles. The lowest BCUT2D eigenvalue weighted by Crippen LogP contribution is -2.27. The van der Waals surface area contributed by atoms with E-state index in [2.05, 4.69) is 15.6 Å². The molecule has 7 heteroatoms. The molecule has 2 N–H and O–H groups in total. The third-order valence-corrected chi connectivity index (χ3v) is 5.44. The highest BCUT2D eigenvalue weighted by Crippen LogP contribution is 2.39. The van der Waals surface area contributed by atoms with Crippen molar-refractivity contribution in [3.8, 4) is 0 Å². The number of nitrogens with zero attached hydrogens (tertiary/aromatic N) is 1. The SMILES string of the molecule is O=C(NCCc1ccccn1)c1cc2c(cc1F)Sc1ccccc1C(=O)N2. The van der Waals surface area contributed by atoms with E-state index in [0.29, 0.717) is 29.1 Å². The van der Waals surface area contributed by atoms with Crippen molar-refractivity contribution in [2.75, 3.05) is 11.9 Å². The minimum absolute atomic E-state index is 0.105. The Morgan fingerprint density at radius 3 is 2.75 bits per heavy atom. The van der Waals surface area contributed by atoms with Crippen LogP contribution in [0.15, 0.2) is 70.6 Å². The van der Waals surface area contributed by atoms with Crippen molar-refractivity contribution in [2.24, 2.45) is 0 Å². The van der Waals surface area contributed by atoms with Crippen LogP contribution in [0.25, 0.3) is 0 Å². The monoisotopic (exact) mass is 393 g/mol. The summed E-state index contributed by atoms with van der Waals surface area (Å²) in [5, 5.41) is 5.47. The number of hydrogen-bond acceptors (Lipinski definition) is 4. The first-order valence-electron chi connectivity index (χ1n) is 8.72. The van der Waals surface area contributed by atoms with Crippen LogP contribution in [0, 0.1) is 5.82 Å². The molecule has 4 rings (SSSR count). The summed E-state index contributed by atoms with van der Waals surface area (Å²) >= 11 is 1.29. The van der Waals surface area contributed by atoms with Crippen molar-refractivity contribution in [3.05, 3.63) is 83.4 Å². The second-order valence-electron chi connectivity index (χ2n) is 6.21. The molecule has 0 atom stereocenters. The van der Waals surface area contributed by atoms with E-state index in [1.807, 2.05) is 30.3 Å². The fourth-order valence-corrected chi connectivity index (χ4v) is 3.94. The molecule has 0 spiro atoms. The van der Waals surface area contributed by atoms with E-state index >= 15 is 0 Å². The van der Waals surface area contributed by atoms with E-state index in [1.165, 1.54) is 23.9 Å². The largest absolute Gasteiger partial charge is 0.352 e. The van der Waals surface area contributed by atoms with Gasteiger partial charge in [0.25, 0.3) is 11.8 Å². The van der Waals surface area contributed by atoms with Crippen LogP contribution in [-0.2, 0) is 6.42 Å². The van der Waals surface area contributed by atoms with Gasteiger partial charge in [-0.1, -0.05) is 30.0 Å². The van der Waals surface area contributed by atoms with Crippen molar-refractivity contribution in [1.82, 2.24) is 10.3 Å². The number of nitrogens with one attached hydrogen (secondary N) is 2. The van der Waals surface area contributed by atoms with Gasteiger partial charge in [-0.15, -0.1) is 0 Å². The lowest BCUT2D eigenvalue weighted by Gasteiger charge is -2.11. The number of benzene rings is 2. The van der Waals surface area contributed by atoms with Gasteiger partial charge in [0.1, 0.15) is 5.82 Å². The number of carbonyl (C=O) groups excluding carboxylic acids is 2. The molecule has 0 fully saturated rings. The second-order valence-corrected chi connectivity index (χ2v) is 7.29. The minimum atomic E-state index is -0.629. The second kappa shape index (κ2) is 7.82. The highest BCUT2D eigenvalue weighted by atomic mass is 32.2. The minimum Gasteiger partial charge on any atom is -0.352 e. The number of amides is 2. The zero-order valence-corrected chi connectivity index (χ0v) is 15.6. The van der Waals surface area contributed by atoms with E-state index in [1.54, 1.807) is 18.3 Å². The molecule has 3 aromatic rings. The molecule has 140 valence electrons. The number of rotatable bonds is 4. The maximum atomic E-state index is 14.6. The predicted octanol–water partition coefficient (Wildman–Crippen LogP) is 3.91. The van der Waals surface area contributed by atoms with Crippen LogP contribution in [0.4, 0.5) is 10.1 Å². The van der Waals surface area contributed by atoms with E-state index in [0.717, 1.165) is 10.6 Å². The fraction of sp³-hybridized carbons (Fsp3) is 0.0952. The molecule has 1 aliphatic rings. The standard InChI is InChI=1S/C21H16FN3O2S/c22-16-12-19-17(25-21(27)14-6-1-2-7-18(14)28-19)11-15(16)20(26)24-10-8-13-5-3-4-9-23-13/h1-7,9,11-12H,8,10H2,(H,24,26)(H,25,27). The van der Waals surface area contributed by atoms with Crippen LogP contribution >= 0.6 is 11.8 Å². The molecule has 0 saturated heterocycles. The van der Waals surface area contributed by atoms with Crippen molar-refractivity contribution in [3.63, 3.8) is 0 Å². The van der Waals surface area contributed by atoms with Gasteiger partial charge in [0, 0.05) is 34.6 Å². The zero-order valence-electron chi connectivity index (χ0n) is 14.7. The Morgan fingerprint density at radius 1 is 1.11 bits per heavy atom. The quantitative estimate of drug-likeness (QED) is 0.705. The number of hydrogen-bond donors (Lipinski definition) is 2. The van der Waals surface area contributed by atoms with E-state index in [-0.39, 0.29) is 11.5 Å². The van der Waals surface area contributed by atoms with E-state index in [9.17, 15) is 14.0 Å². The van der Waals surface area contributed by atoms with Crippen LogP contribution in [0.5, 0.6) is 0 Å². The number of pyridine rings is 1. The summed E-state index contributed by atoms with van der Waals surface area (Å²) in [5.74, 6) is -1.44. The van der Waals surface area contributed by atoms with Crippen LogP contribution in [-0.4, -0.2) is 23.3 Å². The average molecular weight is 393 g/mol. The third kappa shape index (κ3) is 3.75. The van der Waals surface area contributed by atoms with Gasteiger partial charge >= 0.3 is 0 Å². The highest BCUT2D eigenvalue weighted by molar-refractivity contribution is 7.99. The Bertz CT molecular complexity index is 1060. The van der Waals surface area contributed by atoms with Crippen LogP contribution < -0.4 is 10.6 Å². The van der Waals surface area contributed by atoms with Crippen molar-refractivity contribution < 1.29 is 14.0 Å². The van der Waals surface area contributed by atoms with Gasteiger partial charge in [-0.05, 0) is 36.4 Å². The van der Waals surface area contributed by atoms with Gasteiger partial charge in [0.15, 0.2) is 0 Å². The van der Waals surface area contributed by atoms with E-state index in [4.69, 9.17) is 0 Å².